The van der Waals surface area contributed by atoms with Crippen LogP contribution in [-0.2, 0) is 9.59 Å². The molecule has 1 saturated heterocycles. The normalized spacial score (nSPS) is 17.4. The Hall–Kier alpha value is -1.79. The monoisotopic (exact) mass is 371 g/mol. The summed E-state index contributed by atoms with van der Waals surface area (Å²) in [6.45, 7) is 10.5. The second-order valence-corrected chi connectivity index (χ2v) is 6.81. The molecule has 1 fully saturated rings. The molecular weight excluding hydrogens is 346 g/mol. The fraction of sp³-hybridized carbons (Fsp3) is 0.556. The van der Waals surface area contributed by atoms with Crippen molar-refractivity contribution in [3.63, 3.8) is 0 Å². The highest BCUT2D eigenvalue weighted by molar-refractivity contribution is 6.32. The van der Waals surface area contributed by atoms with Gasteiger partial charge in [-0.25, -0.2) is 9.59 Å². The third-order valence-electron chi connectivity index (χ3n) is 3.95. The Bertz CT molecular complexity index is 570. The minimum atomic E-state index is -1.82. The molecule has 0 amide bonds. The van der Waals surface area contributed by atoms with Crippen LogP contribution in [0.1, 0.15) is 30.9 Å². The summed E-state index contributed by atoms with van der Waals surface area (Å²) in [6.07, 6.45) is 2.67. The topological polar surface area (TPSA) is 87.1 Å². The van der Waals surface area contributed by atoms with Gasteiger partial charge >= 0.3 is 11.9 Å². The molecule has 1 aromatic rings. The number of aliphatic carboxylic acids is 2. The van der Waals surface area contributed by atoms with Gasteiger partial charge in [0, 0.05) is 13.1 Å². The van der Waals surface area contributed by atoms with Crippen LogP contribution in [0.5, 0.6) is 5.75 Å². The second-order valence-electron chi connectivity index (χ2n) is 6.40. The van der Waals surface area contributed by atoms with E-state index in [0.717, 1.165) is 35.4 Å². The van der Waals surface area contributed by atoms with E-state index in [1.54, 1.807) is 0 Å². The van der Waals surface area contributed by atoms with E-state index in [0.29, 0.717) is 0 Å². The van der Waals surface area contributed by atoms with Crippen LogP contribution in [0.4, 0.5) is 0 Å². The number of ether oxygens (including phenoxy) is 1. The van der Waals surface area contributed by atoms with Crippen LogP contribution in [0.2, 0.25) is 5.02 Å². The number of benzene rings is 1. The van der Waals surface area contributed by atoms with E-state index in [1.807, 2.05) is 6.07 Å². The number of piperidine rings is 1. The summed E-state index contributed by atoms with van der Waals surface area (Å²) in [4.78, 5) is 20.7. The third kappa shape index (κ3) is 7.75. The van der Waals surface area contributed by atoms with E-state index < -0.39 is 11.9 Å². The van der Waals surface area contributed by atoms with Crippen molar-refractivity contribution in [2.24, 2.45) is 5.92 Å². The Labute approximate surface area is 153 Å². The van der Waals surface area contributed by atoms with Crippen molar-refractivity contribution in [1.29, 1.82) is 0 Å². The van der Waals surface area contributed by atoms with Crippen LogP contribution in [0, 0.1) is 19.8 Å². The molecule has 0 bridgehead atoms. The van der Waals surface area contributed by atoms with Gasteiger partial charge in [-0.2, -0.15) is 0 Å². The predicted octanol–water partition coefficient (Wildman–Crippen LogP) is 3.22. The smallest absolute Gasteiger partial charge is 0.414 e. The van der Waals surface area contributed by atoms with Crippen LogP contribution in [0.25, 0.3) is 0 Å². The molecule has 2 rings (SSSR count). The summed E-state index contributed by atoms with van der Waals surface area (Å²) in [6, 6.07) is 4.08. The highest BCUT2D eigenvalue weighted by Crippen LogP contribution is 2.29. The zero-order valence-electron chi connectivity index (χ0n) is 14.9. The minimum Gasteiger partial charge on any atom is -0.490 e. The average molecular weight is 372 g/mol. The zero-order chi connectivity index (χ0) is 19.0. The molecule has 0 aromatic heterocycles. The van der Waals surface area contributed by atoms with E-state index in [4.69, 9.17) is 36.1 Å². The molecule has 1 aliphatic heterocycles. The molecule has 0 radical (unpaired) electrons. The van der Waals surface area contributed by atoms with Crippen LogP contribution < -0.4 is 4.74 Å². The van der Waals surface area contributed by atoms with Gasteiger partial charge in [-0.05, 0) is 56.3 Å². The summed E-state index contributed by atoms with van der Waals surface area (Å²) >= 11 is 6.24. The molecule has 1 atom stereocenters. The molecule has 0 saturated carbocycles. The number of halogens is 1. The molecule has 1 heterocycles. The van der Waals surface area contributed by atoms with Crippen molar-refractivity contribution in [1.82, 2.24) is 4.90 Å². The van der Waals surface area contributed by atoms with Crippen molar-refractivity contribution >= 4 is 23.5 Å². The van der Waals surface area contributed by atoms with E-state index in [2.05, 4.69) is 31.7 Å². The van der Waals surface area contributed by atoms with Crippen molar-refractivity contribution < 1.29 is 24.5 Å². The quantitative estimate of drug-likeness (QED) is 0.790. The number of nitrogens with zero attached hydrogens (tertiary/aromatic N) is 1. The lowest BCUT2D eigenvalue weighted by atomic mass is 10.0. The van der Waals surface area contributed by atoms with Gasteiger partial charge in [0.2, 0.25) is 0 Å². The predicted molar refractivity (Wildman–Crippen MR) is 96.5 cm³/mol. The number of rotatable bonds is 4. The number of aryl methyl sites for hydroxylation is 2. The SMILES string of the molecule is Cc1cc(C)c(OCCN2CCCC(C)C2)c(Cl)c1.O=C(O)C(=O)O. The maximum absolute atomic E-state index is 9.10. The summed E-state index contributed by atoms with van der Waals surface area (Å²) in [5.74, 6) is -1.99. The van der Waals surface area contributed by atoms with E-state index >= 15 is 0 Å². The van der Waals surface area contributed by atoms with Crippen molar-refractivity contribution in [3.05, 3.63) is 28.3 Å². The lowest BCUT2D eigenvalue weighted by Crippen LogP contribution is -2.37. The third-order valence-corrected chi connectivity index (χ3v) is 4.23. The molecule has 1 aliphatic rings. The summed E-state index contributed by atoms with van der Waals surface area (Å²) < 4.78 is 5.89. The molecule has 6 nitrogen and oxygen atoms in total. The van der Waals surface area contributed by atoms with Crippen LogP contribution in [0.15, 0.2) is 12.1 Å². The standard InChI is InChI=1S/C16H24ClNO.C2H2O4/c1-12-5-4-6-18(11-12)7-8-19-16-14(3)9-13(2)10-15(16)17;3-1(4)2(5)6/h9-10,12H,4-8,11H2,1-3H3;(H,3,4)(H,5,6). The Kier molecular flexibility index (Phi) is 8.72. The van der Waals surface area contributed by atoms with Crippen molar-refractivity contribution in [2.45, 2.75) is 33.6 Å². The first kappa shape index (κ1) is 21.3. The highest BCUT2D eigenvalue weighted by atomic mass is 35.5. The summed E-state index contributed by atoms with van der Waals surface area (Å²) in [5, 5.41) is 15.5. The molecule has 7 heteroatoms. The molecule has 0 spiro atoms. The van der Waals surface area contributed by atoms with Gasteiger partial charge in [0.25, 0.3) is 0 Å². The van der Waals surface area contributed by atoms with Crippen molar-refractivity contribution in [3.8, 4) is 5.75 Å². The Morgan fingerprint density at radius 2 is 1.92 bits per heavy atom. The van der Waals surface area contributed by atoms with Gasteiger partial charge in [-0.3, -0.25) is 4.90 Å². The van der Waals surface area contributed by atoms with Gasteiger partial charge in [0.05, 0.1) is 5.02 Å². The first-order valence-corrected chi connectivity index (χ1v) is 8.66. The fourth-order valence-corrected chi connectivity index (χ4v) is 3.23. The lowest BCUT2D eigenvalue weighted by Gasteiger charge is -2.30. The lowest BCUT2D eigenvalue weighted by molar-refractivity contribution is -0.159. The van der Waals surface area contributed by atoms with Crippen molar-refractivity contribution in [2.75, 3.05) is 26.2 Å². The van der Waals surface area contributed by atoms with E-state index in [9.17, 15) is 0 Å². The molecule has 1 unspecified atom stereocenters. The average Bonchev–Trinajstić information content (AvgIpc) is 2.50. The van der Waals surface area contributed by atoms with Crippen LogP contribution in [-0.4, -0.2) is 53.3 Å². The fourth-order valence-electron chi connectivity index (χ4n) is 2.85. The highest BCUT2D eigenvalue weighted by Gasteiger charge is 2.16. The number of carbonyl (C=O) groups is 2. The molecule has 2 N–H and O–H groups in total. The minimum absolute atomic E-state index is 0.719. The maximum atomic E-state index is 9.10. The second kappa shape index (κ2) is 10.3. The van der Waals surface area contributed by atoms with E-state index in [1.165, 1.54) is 31.5 Å². The summed E-state index contributed by atoms with van der Waals surface area (Å²) in [5.41, 5.74) is 2.30. The van der Waals surface area contributed by atoms with Crippen LogP contribution >= 0.6 is 11.6 Å². The molecule has 140 valence electrons. The maximum Gasteiger partial charge on any atom is 0.414 e. The molecular formula is C18H26ClNO5. The van der Waals surface area contributed by atoms with Gasteiger partial charge in [-0.1, -0.05) is 24.6 Å². The van der Waals surface area contributed by atoms with Gasteiger partial charge in [0.1, 0.15) is 12.4 Å². The number of carboxylic acid groups (broad SMARTS) is 2. The number of hydrogen-bond acceptors (Lipinski definition) is 4. The Morgan fingerprint density at radius 3 is 2.44 bits per heavy atom. The van der Waals surface area contributed by atoms with Gasteiger partial charge < -0.3 is 14.9 Å². The zero-order valence-corrected chi connectivity index (χ0v) is 15.7. The number of likely N-dealkylation sites (tertiary alicyclic amines) is 1. The molecule has 1 aromatic carbocycles. The Balaban J connectivity index is 0.000000450. The van der Waals surface area contributed by atoms with Gasteiger partial charge in [0.15, 0.2) is 0 Å². The van der Waals surface area contributed by atoms with Gasteiger partial charge in [-0.15, -0.1) is 0 Å². The first-order chi connectivity index (χ1) is 11.7. The largest absolute Gasteiger partial charge is 0.490 e. The number of hydrogen-bond donors (Lipinski definition) is 2. The van der Waals surface area contributed by atoms with E-state index in [-0.39, 0.29) is 0 Å². The Morgan fingerprint density at radius 1 is 1.28 bits per heavy atom. The summed E-state index contributed by atoms with van der Waals surface area (Å²) in [7, 11) is 0. The number of carboxylic acids is 2. The molecule has 0 aliphatic carbocycles. The molecule has 25 heavy (non-hydrogen) atoms. The first-order valence-electron chi connectivity index (χ1n) is 8.28. The van der Waals surface area contributed by atoms with Crippen LogP contribution in [0.3, 0.4) is 0 Å².